The van der Waals surface area contributed by atoms with E-state index < -0.39 is 5.60 Å². The van der Waals surface area contributed by atoms with Gasteiger partial charge in [0, 0.05) is 28.9 Å². The zero-order chi connectivity index (χ0) is 19.4. The summed E-state index contributed by atoms with van der Waals surface area (Å²) in [5.74, 6) is 0.190. The molecule has 4 heteroatoms. The molecule has 2 atom stereocenters. The minimum absolute atomic E-state index is 0.190. The lowest BCUT2D eigenvalue weighted by molar-refractivity contribution is -0.0123. The Hall–Kier alpha value is -1.32. The first-order chi connectivity index (χ1) is 12.9. The topological polar surface area (TPSA) is 23.5 Å². The minimum Gasteiger partial charge on any atom is -0.385 e. The molecule has 0 heterocycles. The van der Waals surface area contributed by atoms with Crippen molar-refractivity contribution < 1.29 is 5.11 Å². The summed E-state index contributed by atoms with van der Waals surface area (Å²) < 4.78 is 0. The Morgan fingerprint density at radius 3 is 2.22 bits per heavy atom. The first-order valence-electron chi connectivity index (χ1n) is 9.45. The number of hydrogen-bond donors (Lipinski definition) is 1. The highest BCUT2D eigenvalue weighted by molar-refractivity contribution is 6.30. The fraction of sp³-hybridized carbons (Fsp3) is 0.391. The molecule has 1 aliphatic carbocycles. The van der Waals surface area contributed by atoms with Gasteiger partial charge in [-0.15, -0.1) is 0 Å². The molecule has 0 spiro atoms. The van der Waals surface area contributed by atoms with Gasteiger partial charge in [-0.05, 0) is 74.3 Å². The van der Waals surface area contributed by atoms with Crippen molar-refractivity contribution >= 4 is 29.3 Å². The second kappa shape index (κ2) is 8.79. The summed E-state index contributed by atoms with van der Waals surface area (Å²) in [6.45, 7) is 0.863. The van der Waals surface area contributed by atoms with Crippen molar-refractivity contribution in [3.63, 3.8) is 0 Å². The predicted molar refractivity (Wildman–Crippen MR) is 115 cm³/mol. The summed E-state index contributed by atoms with van der Waals surface area (Å²) in [6.07, 6.45) is 5.79. The third-order valence-electron chi connectivity index (χ3n) is 5.41. The van der Waals surface area contributed by atoms with Crippen LogP contribution in [-0.4, -0.2) is 36.2 Å². The average molecular weight is 404 g/mol. The van der Waals surface area contributed by atoms with Crippen molar-refractivity contribution in [3.05, 3.63) is 75.3 Å². The van der Waals surface area contributed by atoms with Gasteiger partial charge in [-0.3, -0.25) is 0 Å². The summed E-state index contributed by atoms with van der Waals surface area (Å²) in [7, 11) is 4.14. The lowest BCUT2D eigenvalue weighted by Gasteiger charge is -2.43. The predicted octanol–water partition coefficient (Wildman–Crippen LogP) is 5.71. The molecule has 0 bridgehead atoms. The van der Waals surface area contributed by atoms with Crippen LogP contribution in [0.3, 0.4) is 0 Å². The molecule has 0 aromatic heterocycles. The van der Waals surface area contributed by atoms with Crippen molar-refractivity contribution in [1.82, 2.24) is 4.90 Å². The third-order valence-corrected chi connectivity index (χ3v) is 5.92. The van der Waals surface area contributed by atoms with Crippen LogP contribution in [0.1, 0.15) is 30.4 Å². The molecule has 0 radical (unpaired) electrons. The highest BCUT2D eigenvalue weighted by Crippen LogP contribution is 2.42. The van der Waals surface area contributed by atoms with Crippen LogP contribution in [-0.2, 0) is 6.42 Å². The zero-order valence-electron chi connectivity index (χ0n) is 16.0. The van der Waals surface area contributed by atoms with E-state index in [1.807, 2.05) is 48.5 Å². The molecule has 1 N–H and O–H groups in total. The molecular weight excluding hydrogens is 377 g/mol. The Kier molecular flexibility index (Phi) is 6.65. The molecule has 2 nitrogen and oxygen atoms in total. The van der Waals surface area contributed by atoms with Crippen LogP contribution in [0.4, 0.5) is 0 Å². The lowest BCUT2D eigenvalue weighted by atomic mass is 9.68. The highest BCUT2D eigenvalue weighted by atomic mass is 35.5. The smallest absolute Gasteiger partial charge is 0.0940 e. The number of nitrogens with zero attached hydrogens (tertiary/aromatic N) is 1. The first kappa shape index (κ1) is 20.4. The van der Waals surface area contributed by atoms with Crippen molar-refractivity contribution in [2.75, 3.05) is 20.6 Å². The molecule has 2 aromatic carbocycles. The third kappa shape index (κ3) is 5.14. The Bertz CT molecular complexity index is 783. The Morgan fingerprint density at radius 2 is 1.63 bits per heavy atom. The molecule has 0 aliphatic heterocycles. The summed E-state index contributed by atoms with van der Waals surface area (Å²) in [5, 5.41) is 13.4. The minimum atomic E-state index is -0.865. The Morgan fingerprint density at radius 1 is 1.04 bits per heavy atom. The van der Waals surface area contributed by atoms with Gasteiger partial charge >= 0.3 is 0 Å². The van der Waals surface area contributed by atoms with E-state index in [0.717, 1.165) is 52.6 Å². The molecule has 0 amide bonds. The van der Waals surface area contributed by atoms with Crippen molar-refractivity contribution in [3.8, 4) is 0 Å². The van der Waals surface area contributed by atoms with E-state index in [4.69, 9.17) is 23.2 Å². The lowest BCUT2D eigenvalue weighted by Crippen LogP contribution is -2.48. The molecule has 1 aliphatic rings. The molecule has 144 valence electrons. The largest absolute Gasteiger partial charge is 0.385 e. The van der Waals surface area contributed by atoms with E-state index in [1.54, 1.807) is 0 Å². The fourth-order valence-electron chi connectivity index (χ4n) is 4.07. The van der Waals surface area contributed by atoms with Gasteiger partial charge in [0.25, 0.3) is 0 Å². The standard InChI is InChI=1S/C23H27Cl2NO/c1-26(2)16-20-5-3-4-19(14-17-6-10-21(24)11-7-17)23(20,27)15-18-8-12-22(25)13-9-18/h6-14,20,27H,3-5,15-16H2,1-2H3/b19-14+. The quantitative estimate of drug-likeness (QED) is 0.690. The van der Waals surface area contributed by atoms with Crippen LogP contribution in [0.25, 0.3) is 6.08 Å². The summed E-state index contributed by atoms with van der Waals surface area (Å²) in [4.78, 5) is 2.17. The fourth-order valence-corrected chi connectivity index (χ4v) is 4.32. The van der Waals surface area contributed by atoms with Gasteiger partial charge in [0.1, 0.15) is 0 Å². The molecule has 1 saturated carbocycles. The van der Waals surface area contributed by atoms with Crippen LogP contribution in [0.15, 0.2) is 54.1 Å². The van der Waals surface area contributed by atoms with Crippen LogP contribution in [0.2, 0.25) is 10.0 Å². The van der Waals surface area contributed by atoms with Gasteiger partial charge in [-0.2, -0.15) is 0 Å². The molecule has 3 rings (SSSR count). The molecule has 0 saturated heterocycles. The van der Waals surface area contributed by atoms with E-state index in [0.29, 0.717) is 6.42 Å². The molecule has 27 heavy (non-hydrogen) atoms. The summed E-state index contributed by atoms with van der Waals surface area (Å²) >= 11 is 12.1. The van der Waals surface area contributed by atoms with Gasteiger partial charge in [-0.1, -0.05) is 53.5 Å². The van der Waals surface area contributed by atoms with E-state index in [9.17, 15) is 5.11 Å². The SMILES string of the molecule is CN(C)CC1CCC/C(=C\c2ccc(Cl)cc2)C1(O)Cc1ccc(Cl)cc1. The maximum Gasteiger partial charge on any atom is 0.0940 e. The van der Waals surface area contributed by atoms with Crippen LogP contribution >= 0.6 is 23.2 Å². The van der Waals surface area contributed by atoms with Gasteiger partial charge in [0.2, 0.25) is 0 Å². The second-order valence-electron chi connectivity index (χ2n) is 7.80. The maximum atomic E-state index is 11.9. The van der Waals surface area contributed by atoms with E-state index in [1.165, 1.54) is 0 Å². The van der Waals surface area contributed by atoms with Crippen molar-refractivity contribution in [1.29, 1.82) is 0 Å². The maximum absolute atomic E-state index is 11.9. The second-order valence-corrected chi connectivity index (χ2v) is 8.67. The average Bonchev–Trinajstić information content (AvgIpc) is 2.62. The molecule has 2 aromatic rings. The highest BCUT2D eigenvalue weighted by Gasteiger charge is 2.42. The van der Waals surface area contributed by atoms with Crippen LogP contribution < -0.4 is 0 Å². The van der Waals surface area contributed by atoms with Gasteiger partial charge in [-0.25, -0.2) is 0 Å². The van der Waals surface area contributed by atoms with Crippen molar-refractivity contribution in [2.45, 2.75) is 31.3 Å². The molecule has 2 unspecified atom stereocenters. The number of halogens is 2. The van der Waals surface area contributed by atoms with Crippen molar-refractivity contribution in [2.24, 2.45) is 5.92 Å². The van der Waals surface area contributed by atoms with E-state index in [2.05, 4.69) is 25.1 Å². The number of benzene rings is 2. The van der Waals surface area contributed by atoms with Crippen LogP contribution in [0.5, 0.6) is 0 Å². The Balaban J connectivity index is 1.97. The Labute approximate surface area is 172 Å². The molecular formula is C23H27Cl2NO. The van der Waals surface area contributed by atoms with Gasteiger partial charge in [0.15, 0.2) is 0 Å². The first-order valence-corrected chi connectivity index (χ1v) is 10.2. The number of hydrogen-bond acceptors (Lipinski definition) is 2. The van der Waals surface area contributed by atoms with E-state index >= 15 is 0 Å². The summed E-state index contributed by atoms with van der Waals surface area (Å²) in [5.41, 5.74) is 2.43. The van der Waals surface area contributed by atoms with Gasteiger partial charge < -0.3 is 10.0 Å². The number of aliphatic hydroxyl groups is 1. The van der Waals surface area contributed by atoms with E-state index in [-0.39, 0.29) is 5.92 Å². The summed E-state index contributed by atoms with van der Waals surface area (Å²) in [6, 6.07) is 15.6. The van der Waals surface area contributed by atoms with Gasteiger partial charge in [0.05, 0.1) is 5.60 Å². The molecule has 1 fully saturated rings. The number of rotatable bonds is 5. The monoisotopic (exact) mass is 403 g/mol. The normalized spacial score (nSPS) is 24.5. The van der Waals surface area contributed by atoms with Crippen LogP contribution in [0, 0.1) is 5.92 Å². The zero-order valence-corrected chi connectivity index (χ0v) is 17.5.